The Morgan fingerprint density at radius 3 is 2.11 bits per heavy atom. The van der Waals surface area contributed by atoms with Crippen LogP contribution in [0, 0.1) is 0 Å². The van der Waals surface area contributed by atoms with Gasteiger partial charge in [-0.15, -0.1) is 0 Å². The fourth-order valence-corrected chi connectivity index (χ4v) is 2.33. The molecule has 0 spiro atoms. The molecule has 0 bridgehead atoms. The normalized spacial score (nSPS) is 22.5. The molecular weight excluding hydrogens is 234 g/mol. The van der Waals surface area contributed by atoms with Crippen molar-refractivity contribution in [3.8, 4) is 0 Å². The van der Waals surface area contributed by atoms with E-state index in [1.165, 1.54) is 11.1 Å². The lowest BCUT2D eigenvalue weighted by Crippen LogP contribution is -2.40. The number of nitrogens with zero attached hydrogens (tertiary/aromatic N) is 2. The van der Waals surface area contributed by atoms with Crippen LogP contribution in [0.3, 0.4) is 0 Å². The van der Waals surface area contributed by atoms with Gasteiger partial charge in [0, 0.05) is 7.05 Å². The maximum Gasteiger partial charge on any atom is 0.129 e. The summed E-state index contributed by atoms with van der Waals surface area (Å²) in [6, 6.07) is 20.7. The van der Waals surface area contributed by atoms with Gasteiger partial charge >= 0.3 is 0 Å². The van der Waals surface area contributed by atoms with Crippen molar-refractivity contribution in [2.75, 3.05) is 7.05 Å². The molecular formula is C16H17N3. The van der Waals surface area contributed by atoms with Crippen LogP contribution >= 0.6 is 0 Å². The Balaban J connectivity index is 1.87. The number of hydrogen-bond donors (Lipinski definition) is 1. The minimum atomic E-state index is 0.0163. The van der Waals surface area contributed by atoms with Gasteiger partial charge in [-0.1, -0.05) is 60.7 Å². The molecule has 0 saturated carbocycles. The molecule has 0 aliphatic carbocycles. The third-order valence-corrected chi connectivity index (χ3v) is 3.35. The topological polar surface area (TPSA) is 27.6 Å². The predicted molar refractivity (Wildman–Crippen MR) is 77.8 cm³/mol. The van der Waals surface area contributed by atoms with Gasteiger partial charge in [0.25, 0.3) is 0 Å². The van der Waals surface area contributed by atoms with E-state index in [9.17, 15) is 0 Å². The fourth-order valence-electron chi connectivity index (χ4n) is 2.33. The molecule has 1 heterocycles. The highest BCUT2D eigenvalue weighted by Gasteiger charge is 2.23. The minimum absolute atomic E-state index is 0.0163. The molecule has 0 fully saturated rings. The van der Waals surface area contributed by atoms with Crippen molar-refractivity contribution in [2.24, 2.45) is 4.99 Å². The second-order valence-corrected chi connectivity index (χ2v) is 4.72. The summed E-state index contributed by atoms with van der Waals surface area (Å²) in [6.07, 6.45) is 2.08. The zero-order valence-corrected chi connectivity index (χ0v) is 10.9. The average molecular weight is 251 g/mol. The molecule has 3 heteroatoms. The quantitative estimate of drug-likeness (QED) is 0.888. The van der Waals surface area contributed by atoms with Crippen molar-refractivity contribution in [1.82, 2.24) is 10.2 Å². The van der Waals surface area contributed by atoms with Gasteiger partial charge in [-0.25, -0.2) is 0 Å². The zero-order chi connectivity index (χ0) is 13.1. The largest absolute Gasteiger partial charge is 0.346 e. The molecule has 2 atom stereocenters. The smallest absolute Gasteiger partial charge is 0.129 e. The summed E-state index contributed by atoms with van der Waals surface area (Å²) < 4.78 is 0. The van der Waals surface area contributed by atoms with Crippen LogP contribution < -0.4 is 5.32 Å². The molecule has 1 aliphatic rings. The van der Waals surface area contributed by atoms with Crippen molar-refractivity contribution in [2.45, 2.75) is 12.3 Å². The van der Waals surface area contributed by atoms with Gasteiger partial charge in [-0.05, 0) is 11.1 Å². The van der Waals surface area contributed by atoms with E-state index in [1.807, 2.05) is 37.7 Å². The van der Waals surface area contributed by atoms with E-state index in [0.29, 0.717) is 0 Å². The van der Waals surface area contributed by atoms with E-state index >= 15 is 0 Å². The summed E-state index contributed by atoms with van der Waals surface area (Å²) in [5.41, 5.74) is 2.44. The summed E-state index contributed by atoms with van der Waals surface area (Å²) in [5.74, 6) is 0. The molecule has 3 rings (SSSR count). The van der Waals surface area contributed by atoms with Gasteiger partial charge in [-0.2, -0.15) is 0 Å². The molecule has 19 heavy (non-hydrogen) atoms. The van der Waals surface area contributed by atoms with Gasteiger partial charge < -0.3 is 4.90 Å². The van der Waals surface area contributed by atoms with Crippen LogP contribution in [0.1, 0.15) is 23.5 Å². The van der Waals surface area contributed by atoms with E-state index in [4.69, 9.17) is 0 Å². The first-order chi connectivity index (χ1) is 9.34. The molecule has 0 amide bonds. The average Bonchev–Trinajstić information content (AvgIpc) is 2.49. The lowest BCUT2D eigenvalue weighted by atomic mass is 10.1. The molecule has 3 nitrogen and oxygen atoms in total. The van der Waals surface area contributed by atoms with E-state index in [0.717, 1.165) is 0 Å². The summed E-state index contributed by atoms with van der Waals surface area (Å²) >= 11 is 0. The third-order valence-electron chi connectivity index (χ3n) is 3.35. The van der Waals surface area contributed by atoms with Gasteiger partial charge in [0.05, 0.1) is 6.34 Å². The molecule has 0 saturated heterocycles. The SMILES string of the molecule is CN1C=NC(c2ccccc2)NC1c1ccccc1. The Labute approximate surface area is 113 Å². The fraction of sp³-hybridized carbons (Fsp3) is 0.188. The number of hydrogen-bond acceptors (Lipinski definition) is 3. The number of benzene rings is 2. The monoisotopic (exact) mass is 251 g/mol. The Morgan fingerprint density at radius 2 is 1.47 bits per heavy atom. The van der Waals surface area contributed by atoms with Crippen LogP contribution in [0.15, 0.2) is 65.7 Å². The van der Waals surface area contributed by atoms with E-state index in [-0.39, 0.29) is 12.3 Å². The second-order valence-electron chi connectivity index (χ2n) is 4.72. The van der Waals surface area contributed by atoms with E-state index in [2.05, 4.69) is 51.6 Å². The van der Waals surface area contributed by atoms with E-state index < -0.39 is 0 Å². The van der Waals surface area contributed by atoms with Crippen molar-refractivity contribution in [3.05, 3.63) is 71.8 Å². The summed E-state index contributed by atoms with van der Waals surface area (Å²) in [5, 5.41) is 3.56. The first-order valence-electron chi connectivity index (χ1n) is 6.46. The highest BCUT2D eigenvalue weighted by molar-refractivity contribution is 5.57. The highest BCUT2D eigenvalue weighted by Crippen LogP contribution is 2.25. The first-order valence-corrected chi connectivity index (χ1v) is 6.46. The lowest BCUT2D eigenvalue weighted by molar-refractivity contribution is 0.265. The summed E-state index contributed by atoms with van der Waals surface area (Å²) in [6.45, 7) is 0. The molecule has 1 aliphatic heterocycles. The van der Waals surface area contributed by atoms with Crippen LogP contribution in [0.25, 0.3) is 0 Å². The maximum absolute atomic E-state index is 4.55. The van der Waals surface area contributed by atoms with E-state index in [1.54, 1.807) is 0 Å². The van der Waals surface area contributed by atoms with Crippen LogP contribution in [0.5, 0.6) is 0 Å². The van der Waals surface area contributed by atoms with Crippen molar-refractivity contribution < 1.29 is 0 Å². The standard InChI is InChI=1S/C16H17N3/c1-19-12-17-15(13-8-4-2-5-9-13)18-16(19)14-10-6-3-7-11-14/h2-12,15-16,18H,1H3. The zero-order valence-electron chi connectivity index (χ0n) is 10.9. The van der Waals surface area contributed by atoms with Crippen LogP contribution in [0.2, 0.25) is 0 Å². The maximum atomic E-state index is 4.55. The van der Waals surface area contributed by atoms with Gasteiger partial charge in [0.1, 0.15) is 12.3 Å². The molecule has 2 unspecified atom stereocenters. The first kappa shape index (κ1) is 11.9. The Hall–Kier alpha value is -2.13. The van der Waals surface area contributed by atoms with Crippen LogP contribution in [-0.4, -0.2) is 18.3 Å². The Morgan fingerprint density at radius 1 is 0.895 bits per heavy atom. The minimum Gasteiger partial charge on any atom is -0.346 e. The summed E-state index contributed by atoms with van der Waals surface area (Å²) in [7, 11) is 2.04. The van der Waals surface area contributed by atoms with Gasteiger partial charge in [0.2, 0.25) is 0 Å². The Bertz CT molecular complexity index is 551. The van der Waals surface area contributed by atoms with Gasteiger partial charge in [-0.3, -0.25) is 10.3 Å². The molecule has 2 aromatic rings. The predicted octanol–water partition coefficient (Wildman–Crippen LogP) is 2.95. The van der Waals surface area contributed by atoms with Gasteiger partial charge in [0.15, 0.2) is 0 Å². The van der Waals surface area contributed by atoms with Crippen LogP contribution in [-0.2, 0) is 0 Å². The third kappa shape index (κ3) is 2.51. The Kier molecular flexibility index (Phi) is 3.29. The van der Waals surface area contributed by atoms with Crippen LogP contribution in [0.4, 0.5) is 0 Å². The lowest BCUT2D eigenvalue weighted by Gasteiger charge is -2.34. The number of aliphatic imine (C=N–C) groups is 1. The van der Waals surface area contributed by atoms with Crippen molar-refractivity contribution in [1.29, 1.82) is 0 Å². The second kappa shape index (κ2) is 5.24. The molecule has 0 radical (unpaired) electrons. The van der Waals surface area contributed by atoms with Crippen molar-refractivity contribution >= 4 is 6.34 Å². The molecule has 96 valence electrons. The summed E-state index contributed by atoms with van der Waals surface area (Å²) in [4.78, 5) is 6.64. The molecule has 0 aromatic heterocycles. The van der Waals surface area contributed by atoms with Crippen molar-refractivity contribution in [3.63, 3.8) is 0 Å². The number of rotatable bonds is 2. The highest BCUT2D eigenvalue weighted by atomic mass is 15.3. The number of nitrogens with one attached hydrogen (secondary N) is 1. The molecule has 2 aromatic carbocycles. The molecule has 1 N–H and O–H groups in total.